The highest BCUT2D eigenvalue weighted by atomic mass is 35.5. The van der Waals surface area contributed by atoms with Crippen LogP contribution in [-0.4, -0.2) is 20.6 Å². The van der Waals surface area contributed by atoms with E-state index in [-0.39, 0.29) is 16.5 Å². The molecule has 21 heavy (non-hydrogen) atoms. The average molecular weight is 311 g/mol. The third-order valence-electron chi connectivity index (χ3n) is 3.08. The summed E-state index contributed by atoms with van der Waals surface area (Å²) in [5.74, 6) is -1.38. The van der Waals surface area contributed by atoms with Crippen LogP contribution in [0, 0.1) is 10.1 Å². The van der Waals surface area contributed by atoms with Crippen molar-refractivity contribution < 1.29 is 14.8 Å². The summed E-state index contributed by atoms with van der Waals surface area (Å²) in [5, 5.41) is 19.9. The highest BCUT2D eigenvalue weighted by molar-refractivity contribution is 6.33. The molecule has 0 unspecified atom stereocenters. The third kappa shape index (κ3) is 2.47. The van der Waals surface area contributed by atoms with Crippen molar-refractivity contribution in [1.82, 2.24) is 4.57 Å². The van der Waals surface area contributed by atoms with E-state index in [1.807, 2.05) is 0 Å². The van der Waals surface area contributed by atoms with Crippen LogP contribution in [0.3, 0.4) is 0 Å². The van der Waals surface area contributed by atoms with Crippen molar-refractivity contribution in [2.75, 3.05) is 0 Å². The molecule has 1 N–H and O–H groups in total. The summed E-state index contributed by atoms with van der Waals surface area (Å²) < 4.78 is 1.55. The Kier molecular flexibility index (Phi) is 3.69. The summed E-state index contributed by atoms with van der Waals surface area (Å²) in [6, 6.07) is 2.18. The van der Waals surface area contributed by atoms with Crippen molar-refractivity contribution in [2.45, 2.75) is 19.9 Å². The zero-order valence-electron chi connectivity index (χ0n) is 11.2. The lowest BCUT2D eigenvalue weighted by molar-refractivity contribution is -0.384. The number of carboxylic acids is 1. The molecule has 8 heteroatoms. The number of halogens is 1. The number of nitrogens with zero attached hydrogens (tertiary/aromatic N) is 2. The number of nitro groups is 1. The van der Waals surface area contributed by atoms with E-state index < -0.39 is 27.6 Å². The monoisotopic (exact) mass is 310 g/mol. The van der Waals surface area contributed by atoms with Gasteiger partial charge in [-0.05, 0) is 19.9 Å². The number of pyridine rings is 1. The highest BCUT2D eigenvalue weighted by Gasteiger charge is 2.21. The van der Waals surface area contributed by atoms with Gasteiger partial charge >= 0.3 is 5.97 Å². The molecule has 7 nitrogen and oxygen atoms in total. The molecule has 1 aromatic carbocycles. The summed E-state index contributed by atoms with van der Waals surface area (Å²) in [4.78, 5) is 33.5. The van der Waals surface area contributed by atoms with Crippen molar-refractivity contribution in [2.24, 2.45) is 0 Å². The molecule has 0 radical (unpaired) electrons. The molecule has 0 amide bonds. The Labute approximate surface area is 123 Å². The molecule has 1 aromatic heterocycles. The van der Waals surface area contributed by atoms with E-state index in [1.165, 1.54) is 12.3 Å². The van der Waals surface area contributed by atoms with Crippen LogP contribution < -0.4 is 5.43 Å². The van der Waals surface area contributed by atoms with E-state index in [0.29, 0.717) is 5.52 Å². The van der Waals surface area contributed by atoms with Gasteiger partial charge in [0.25, 0.3) is 5.69 Å². The second-order valence-electron chi connectivity index (χ2n) is 4.76. The van der Waals surface area contributed by atoms with Crippen molar-refractivity contribution in [3.63, 3.8) is 0 Å². The first kappa shape index (κ1) is 15.0. The lowest BCUT2D eigenvalue weighted by Crippen LogP contribution is -2.20. The number of aromatic nitrogens is 1. The molecule has 0 aliphatic heterocycles. The Morgan fingerprint density at radius 2 is 2.05 bits per heavy atom. The van der Waals surface area contributed by atoms with Crippen LogP contribution in [0.15, 0.2) is 23.1 Å². The quantitative estimate of drug-likeness (QED) is 0.693. The molecule has 0 aliphatic carbocycles. The van der Waals surface area contributed by atoms with E-state index in [0.717, 1.165) is 6.07 Å². The molecular weight excluding hydrogens is 300 g/mol. The molecule has 110 valence electrons. The van der Waals surface area contributed by atoms with Gasteiger partial charge in [-0.25, -0.2) is 4.79 Å². The van der Waals surface area contributed by atoms with Gasteiger partial charge in [0, 0.05) is 18.3 Å². The molecule has 0 saturated heterocycles. The van der Waals surface area contributed by atoms with Gasteiger partial charge in [0.15, 0.2) is 0 Å². The maximum absolute atomic E-state index is 12.2. The number of aromatic carboxylic acids is 1. The Morgan fingerprint density at radius 1 is 1.43 bits per heavy atom. The fourth-order valence-electron chi connectivity index (χ4n) is 2.08. The summed E-state index contributed by atoms with van der Waals surface area (Å²) in [5.41, 5.74) is -1.28. The van der Waals surface area contributed by atoms with Crippen LogP contribution in [-0.2, 0) is 0 Å². The van der Waals surface area contributed by atoms with Gasteiger partial charge in [0.1, 0.15) is 10.6 Å². The second-order valence-corrected chi connectivity index (χ2v) is 5.16. The molecule has 0 bridgehead atoms. The molecule has 0 saturated carbocycles. The molecular formula is C13H11ClN2O5. The summed E-state index contributed by atoms with van der Waals surface area (Å²) >= 11 is 5.86. The molecule has 2 rings (SSSR count). The Balaban J connectivity index is 3.02. The first-order chi connectivity index (χ1) is 9.73. The van der Waals surface area contributed by atoms with Gasteiger partial charge in [-0.1, -0.05) is 11.6 Å². The summed E-state index contributed by atoms with van der Waals surface area (Å²) in [6.07, 6.45) is 1.22. The predicted octanol–water partition coefficient (Wildman–Crippen LogP) is 2.84. The molecule has 1 heterocycles. The Morgan fingerprint density at radius 3 is 2.52 bits per heavy atom. The average Bonchev–Trinajstić information content (AvgIpc) is 2.37. The lowest BCUT2D eigenvalue weighted by Gasteiger charge is -2.16. The number of hydrogen-bond acceptors (Lipinski definition) is 4. The normalized spacial score (nSPS) is 11.0. The number of rotatable bonds is 3. The zero-order chi connectivity index (χ0) is 15.9. The van der Waals surface area contributed by atoms with Gasteiger partial charge in [-0.15, -0.1) is 0 Å². The third-order valence-corrected chi connectivity index (χ3v) is 3.39. The lowest BCUT2D eigenvalue weighted by atomic mass is 10.1. The number of fused-ring (bicyclic) bond motifs is 1. The fourth-order valence-corrected chi connectivity index (χ4v) is 2.31. The largest absolute Gasteiger partial charge is 0.477 e. The van der Waals surface area contributed by atoms with E-state index in [2.05, 4.69) is 0 Å². The van der Waals surface area contributed by atoms with Crippen LogP contribution in [0.5, 0.6) is 0 Å². The minimum absolute atomic E-state index is 0.0419. The van der Waals surface area contributed by atoms with Crippen molar-refractivity contribution in [1.29, 1.82) is 0 Å². The Bertz CT molecular complexity index is 825. The second kappa shape index (κ2) is 5.17. The van der Waals surface area contributed by atoms with Crippen LogP contribution in [0.25, 0.3) is 10.9 Å². The maximum atomic E-state index is 12.2. The van der Waals surface area contributed by atoms with E-state index in [1.54, 1.807) is 18.4 Å². The number of benzene rings is 1. The van der Waals surface area contributed by atoms with Gasteiger partial charge in [-0.2, -0.15) is 0 Å². The Hall–Kier alpha value is -2.41. The number of carbonyl (C=O) groups is 1. The van der Waals surface area contributed by atoms with Crippen molar-refractivity contribution >= 4 is 34.2 Å². The summed E-state index contributed by atoms with van der Waals surface area (Å²) in [6.45, 7) is 3.59. The van der Waals surface area contributed by atoms with Crippen LogP contribution in [0.4, 0.5) is 5.69 Å². The smallest absolute Gasteiger partial charge is 0.341 e. The molecule has 0 atom stereocenters. The fraction of sp³-hybridized carbons (Fsp3) is 0.231. The van der Waals surface area contributed by atoms with Gasteiger partial charge < -0.3 is 9.67 Å². The van der Waals surface area contributed by atoms with E-state index >= 15 is 0 Å². The van der Waals surface area contributed by atoms with Gasteiger partial charge in [-0.3, -0.25) is 14.9 Å². The molecule has 0 fully saturated rings. The number of nitro benzene ring substituents is 1. The minimum atomic E-state index is -1.38. The van der Waals surface area contributed by atoms with Crippen LogP contribution >= 0.6 is 11.6 Å². The van der Waals surface area contributed by atoms with Crippen LogP contribution in [0.2, 0.25) is 5.02 Å². The zero-order valence-corrected chi connectivity index (χ0v) is 11.9. The summed E-state index contributed by atoms with van der Waals surface area (Å²) in [7, 11) is 0. The topological polar surface area (TPSA) is 102 Å². The predicted molar refractivity (Wildman–Crippen MR) is 77.2 cm³/mol. The minimum Gasteiger partial charge on any atom is -0.477 e. The first-order valence-corrected chi connectivity index (χ1v) is 6.38. The number of hydrogen-bond donors (Lipinski definition) is 1. The first-order valence-electron chi connectivity index (χ1n) is 6.00. The van der Waals surface area contributed by atoms with Gasteiger partial charge in [0.2, 0.25) is 5.43 Å². The van der Waals surface area contributed by atoms with Crippen LogP contribution in [0.1, 0.15) is 30.2 Å². The van der Waals surface area contributed by atoms with Crippen molar-refractivity contribution in [3.05, 3.63) is 49.3 Å². The van der Waals surface area contributed by atoms with Crippen molar-refractivity contribution in [3.8, 4) is 0 Å². The standard InChI is InChI=1S/C13H11ClN2O5/c1-6(2)15-5-8(13(18)19)12(17)7-3-11(16(20)21)9(14)4-10(7)15/h3-6H,1-2H3,(H,18,19). The highest BCUT2D eigenvalue weighted by Crippen LogP contribution is 2.29. The molecule has 0 spiro atoms. The SMILES string of the molecule is CC(C)n1cc(C(=O)O)c(=O)c2cc([N+](=O)[O-])c(Cl)cc21. The number of carboxylic acid groups (broad SMARTS) is 1. The molecule has 0 aliphatic rings. The molecule has 2 aromatic rings. The van der Waals surface area contributed by atoms with Gasteiger partial charge in [0.05, 0.1) is 15.8 Å². The van der Waals surface area contributed by atoms with E-state index in [4.69, 9.17) is 16.7 Å². The maximum Gasteiger partial charge on any atom is 0.341 e. The van der Waals surface area contributed by atoms with E-state index in [9.17, 15) is 19.7 Å².